The summed E-state index contributed by atoms with van der Waals surface area (Å²) in [7, 11) is 0. The van der Waals surface area contributed by atoms with Gasteiger partial charge in [-0.1, -0.05) is 39.5 Å². The van der Waals surface area contributed by atoms with Crippen LogP contribution in [0.2, 0.25) is 0 Å². The number of hydrogen-bond donors (Lipinski definition) is 1. The van der Waals surface area contributed by atoms with Crippen LogP contribution in [0, 0.1) is 0 Å². The van der Waals surface area contributed by atoms with E-state index in [1.54, 1.807) is 0 Å². The second-order valence-corrected chi connectivity index (χ2v) is 7.20. The monoisotopic (exact) mass is 262 g/mol. The molecule has 0 bridgehead atoms. The van der Waals surface area contributed by atoms with E-state index in [2.05, 4.69) is 25.6 Å². The Morgan fingerprint density at radius 2 is 1.88 bits per heavy atom. The van der Waals surface area contributed by atoms with Gasteiger partial charge in [0.2, 0.25) is 0 Å². The van der Waals surface area contributed by atoms with Crippen molar-refractivity contribution in [1.29, 1.82) is 0 Å². The van der Waals surface area contributed by atoms with E-state index in [1.807, 2.05) is 11.8 Å². The average molecular weight is 262 g/mol. The second kappa shape index (κ2) is 8.71. The lowest BCUT2D eigenvalue weighted by atomic mass is 10.0. The summed E-state index contributed by atoms with van der Waals surface area (Å²) in [6, 6.07) is 0. The quantitative estimate of drug-likeness (QED) is 0.702. The Labute approximate surface area is 109 Å². The van der Waals surface area contributed by atoms with Crippen molar-refractivity contribution in [1.82, 2.24) is 0 Å². The van der Waals surface area contributed by atoms with Crippen LogP contribution in [0.3, 0.4) is 0 Å². The van der Waals surface area contributed by atoms with Crippen LogP contribution < -0.4 is 0 Å². The predicted molar refractivity (Wildman–Crippen MR) is 77.5 cm³/mol. The van der Waals surface area contributed by atoms with E-state index < -0.39 is 0 Å². The van der Waals surface area contributed by atoms with Crippen LogP contribution >= 0.6 is 23.5 Å². The molecule has 3 atom stereocenters. The summed E-state index contributed by atoms with van der Waals surface area (Å²) in [5, 5.41) is 11.4. The summed E-state index contributed by atoms with van der Waals surface area (Å²) >= 11 is 4.06. The third kappa shape index (κ3) is 4.89. The molecular formula is C13H26OS2. The van der Waals surface area contributed by atoms with Crippen LogP contribution in [-0.2, 0) is 0 Å². The van der Waals surface area contributed by atoms with E-state index in [9.17, 15) is 5.11 Å². The van der Waals surface area contributed by atoms with Crippen molar-refractivity contribution >= 4 is 23.5 Å². The lowest BCUT2D eigenvalue weighted by molar-refractivity contribution is 0.155. The molecule has 0 amide bonds. The van der Waals surface area contributed by atoms with Crippen LogP contribution in [0.5, 0.6) is 0 Å². The first kappa shape index (κ1) is 14.7. The molecule has 1 fully saturated rings. The highest BCUT2D eigenvalue weighted by Gasteiger charge is 2.30. The van der Waals surface area contributed by atoms with E-state index in [-0.39, 0.29) is 6.10 Å². The maximum absolute atomic E-state index is 10.2. The van der Waals surface area contributed by atoms with Gasteiger partial charge < -0.3 is 5.11 Å². The van der Waals surface area contributed by atoms with Crippen LogP contribution in [0.4, 0.5) is 0 Å². The highest BCUT2D eigenvalue weighted by Crippen LogP contribution is 2.36. The molecule has 1 N–H and O–H groups in total. The molecule has 1 aliphatic rings. The maximum Gasteiger partial charge on any atom is 0.0669 e. The van der Waals surface area contributed by atoms with E-state index >= 15 is 0 Å². The Morgan fingerprint density at radius 1 is 1.12 bits per heavy atom. The summed E-state index contributed by atoms with van der Waals surface area (Å²) in [4.78, 5) is 0. The van der Waals surface area contributed by atoms with Gasteiger partial charge in [0, 0.05) is 22.0 Å². The van der Waals surface area contributed by atoms with Crippen LogP contribution in [-0.4, -0.2) is 33.2 Å². The minimum atomic E-state index is -0.0698. The van der Waals surface area contributed by atoms with Gasteiger partial charge in [0.25, 0.3) is 0 Å². The SMILES string of the molecule is CCCCCCC(O)C1SCCSC1CC. The van der Waals surface area contributed by atoms with Gasteiger partial charge in [0.15, 0.2) is 0 Å². The van der Waals surface area contributed by atoms with Crippen molar-refractivity contribution in [3.63, 3.8) is 0 Å². The standard InChI is InChI=1S/C13H26OS2/c1-3-5-6-7-8-11(14)13-12(4-2)15-9-10-16-13/h11-14H,3-10H2,1-2H3. The van der Waals surface area contributed by atoms with Crippen molar-refractivity contribution in [3.05, 3.63) is 0 Å². The van der Waals surface area contributed by atoms with Gasteiger partial charge >= 0.3 is 0 Å². The van der Waals surface area contributed by atoms with Crippen molar-refractivity contribution in [2.45, 2.75) is 69.0 Å². The zero-order valence-electron chi connectivity index (χ0n) is 10.7. The third-order valence-electron chi connectivity index (χ3n) is 3.23. The predicted octanol–water partition coefficient (Wildman–Crippen LogP) is 3.94. The maximum atomic E-state index is 10.2. The zero-order chi connectivity index (χ0) is 11.8. The van der Waals surface area contributed by atoms with Gasteiger partial charge in [-0.3, -0.25) is 0 Å². The fraction of sp³-hybridized carbons (Fsp3) is 1.00. The molecule has 96 valence electrons. The fourth-order valence-electron chi connectivity index (χ4n) is 2.24. The molecule has 0 aromatic rings. The molecule has 0 saturated carbocycles. The summed E-state index contributed by atoms with van der Waals surface area (Å²) in [5.41, 5.74) is 0. The summed E-state index contributed by atoms with van der Waals surface area (Å²) in [6.45, 7) is 4.48. The molecule has 1 nitrogen and oxygen atoms in total. The largest absolute Gasteiger partial charge is 0.392 e. The van der Waals surface area contributed by atoms with Gasteiger partial charge in [-0.05, 0) is 12.8 Å². The summed E-state index contributed by atoms with van der Waals surface area (Å²) in [5.74, 6) is 2.49. The molecule has 16 heavy (non-hydrogen) atoms. The molecule has 0 aromatic carbocycles. The van der Waals surface area contributed by atoms with Crippen LogP contribution in [0.15, 0.2) is 0 Å². The first-order valence-electron chi connectivity index (χ1n) is 6.70. The number of thioether (sulfide) groups is 2. The third-order valence-corrected chi connectivity index (χ3v) is 6.62. The molecule has 3 unspecified atom stereocenters. The number of hydrogen-bond acceptors (Lipinski definition) is 3. The van der Waals surface area contributed by atoms with Gasteiger partial charge in [-0.2, -0.15) is 23.5 Å². The molecule has 1 heterocycles. The lowest BCUT2D eigenvalue weighted by Gasteiger charge is -2.33. The zero-order valence-corrected chi connectivity index (χ0v) is 12.3. The number of unbranched alkanes of at least 4 members (excludes halogenated alkanes) is 3. The van der Waals surface area contributed by atoms with Crippen LogP contribution in [0.25, 0.3) is 0 Å². The average Bonchev–Trinajstić information content (AvgIpc) is 2.34. The highest BCUT2D eigenvalue weighted by atomic mass is 32.2. The smallest absolute Gasteiger partial charge is 0.0669 e. The first-order chi connectivity index (χ1) is 7.79. The number of aliphatic hydroxyl groups excluding tert-OH is 1. The topological polar surface area (TPSA) is 20.2 Å². The van der Waals surface area contributed by atoms with E-state index in [1.165, 1.54) is 43.6 Å². The highest BCUT2D eigenvalue weighted by molar-refractivity contribution is 8.07. The Hall–Kier alpha value is 0.660. The molecule has 1 saturated heterocycles. The number of aliphatic hydroxyl groups is 1. The molecule has 0 spiro atoms. The first-order valence-corrected chi connectivity index (χ1v) is 8.80. The Bertz CT molecular complexity index is 175. The summed E-state index contributed by atoms with van der Waals surface area (Å²) in [6.07, 6.45) is 7.23. The molecule has 1 rings (SSSR count). The normalized spacial score (nSPS) is 27.9. The van der Waals surface area contributed by atoms with Crippen molar-refractivity contribution in [3.8, 4) is 0 Å². The molecule has 0 aromatic heterocycles. The molecular weight excluding hydrogens is 236 g/mol. The Kier molecular flexibility index (Phi) is 8.01. The van der Waals surface area contributed by atoms with E-state index in [4.69, 9.17) is 0 Å². The summed E-state index contributed by atoms with van der Waals surface area (Å²) < 4.78 is 0. The van der Waals surface area contributed by atoms with Gasteiger partial charge in [0.1, 0.15) is 0 Å². The molecule has 1 aliphatic heterocycles. The second-order valence-electron chi connectivity index (χ2n) is 4.57. The Morgan fingerprint density at radius 3 is 2.56 bits per heavy atom. The minimum Gasteiger partial charge on any atom is -0.392 e. The van der Waals surface area contributed by atoms with Crippen molar-refractivity contribution in [2.24, 2.45) is 0 Å². The molecule has 0 radical (unpaired) electrons. The van der Waals surface area contributed by atoms with E-state index in [0.717, 1.165) is 6.42 Å². The lowest BCUT2D eigenvalue weighted by Crippen LogP contribution is -2.36. The van der Waals surface area contributed by atoms with Crippen molar-refractivity contribution in [2.75, 3.05) is 11.5 Å². The fourth-order valence-corrected chi connectivity index (χ4v) is 5.43. The Balaban J connectivity index is 2.24. The van der Waals surface area contributed by atoms with Gasteiger partial charge in [-0.25, -0.2) is 0 Å². The van der Waals surface area contributed by atoms with Crippen molar-refractivity contribution < 1.29 is 5.11 Å². The van der Waals surface area contributed by atoms with E-state index in [0.29, 0.717) is 10.5 Å². The number of rotatable bonds is 7. The minimum absolute atomic E-state index is 0.0698. The molecule has 0 aliphatic carbocycles. The van der Waals surface area contributed by atoms with Crippen LogP contribution in [0.1, 0.15) is 52.4 Å². The molecule has 3 heteroatoms. The van der Waals surface area contributed by atoms with Gasteiger partial charge in [0.05, 0.1) is 6.10 Å². The van der Waals surface area contributed by atoms with Gasteiger partial charge in [-0.15, -0.1) is 0 Å².